The predicted octanol–water partition coefficient (Wildman–Crippen LogP) is -3.37. The number of carbonyl (C=O) groups is 9. The average Bonchev–Trinajstić information content (AvgIpc) is 3.21. The Morgan fingerprint density at radius 1 is 0.635 bits per heavy atom. The molecule has 2 unspecified atom stereocenters. The summed E-state index contributed by atoms with van der Waals surface area (Å²) >= 11 is 0. The van der Waals surface area contributed by atoms with Crippen LogP contribution in [0.2, 0.25) is 0 Å². The molecule has 1 saturated heterocycles. The summed E-state index contributed by atoms with van der Waals surface area (Å²) in [6.45, 7) is 3.57. The molecular weight excluding hydrogens is 834 g/mol. The van der Waals surface area contributed by atoms with Crippen LogP contribution in [0.1, 0.15) is 118 Å². The van der Waals surface area contributed by atoms with Gasteiger partial charge in [0.15, 0.2) is 6.04 Å². The number of cyclic esters (lactones) is 1. The summed E-state index contributed by atoms with van der Waals surface area (Å²) in [5, 5.41) is 76.6. The first-order chi connectivity index (χ1) is 29.6. The average molecular weight is 904 g/mol. The van der Waals surface area contributed by atoms with Gasteiger partial charge in [-0.05, 0) is 34.1 Å². The van der Waals surface area contributed by atoms with E-state index in [-0.39, 0.29) is 6.42 Å². The molecule has 360 valence electrons. The van der Waals surface area contributed by atoms with Crippen molar-refractivity contribution in [3.8, 4) is 0 Å². The minimum absolute atomic E-state index is 0.00216. The molecule has 13 N–H and O–H groups in total. The highest BCUT2D eigenvalue weighted by Crippen LogP contribution is 2.25. The number of amides is 7. The first-order valence-corrected chi connectivity index (χ1v) is 21.4. The van der Waals surface area contributed by atoms with Gasteiger partial charge in [0, 0.05) is 0 Å². The first-order valence-electron chi connectivity index (χ1n) is 21.4. The van der Waals surface area contributed by atoms with Crippen molar-refractivity contribution in [1.82, 2.24) is 37.2 Å². The highest BCUT2D eigenvalue weighted by Gasteiger charge is 2.41. The van der Waals surface area contributed by atoms with Crippen LogP contribution in [-0.2, 0) is 47.9 Å². The van der Waals surface area contributed by atoms with Gasteiger partial charge in [-0.2, -0.15) is 0 Å². The SMILES string of the molecule is CCCCCCCCCCCCC(C)(O)C1CC(=O)N[C@@H](CO)C(=O)N[C@H](C)C(=O)N[C@H](CC(=O)O)C(=O)N[C@@H](C)C(=O)N[C@H](CO)C(=O)N[C@H](CO)C(=O)N[C@H]([C@@H](C)O)C(=O)O1. The largest absolute Gasteiger partial charge is 0.481 e. The fourth-order valence-corrected chi connectivity index (χ4v) is 6.38. The quantitative estimate of drug-likeness (QED) is 0.0472. The molecule has 0 radical (unpaired) electrons. The Hall–Kier alpha value is -4.97. The third kappa shape index (κ3) is 20.4. The van der Waals surface area contributed by atoms with Crippen LogP contribution in [0.4, 0.5) is 0 Å². The Balaban J connectivity index is 3.55. The molecule has 1 aliphatic heterocycles. The molecule has 1 rings (SSSR count). The van der Waals surface area contributed by atoms with Crippen molar-refractivity contribution in [3.63, 3.8) is 0 Å². The topological polar surface area (TPSA) is 368 Å². The normalized spacial score (nSPS) is 27.0. The van der Waals surface area contributed by atoms with E-state index in [1.54, 1.807) is 0 Å². The number of hydrogen-bond donors (Lipinski definition) is 13. The summed E-state index contributed by atoms with van der Waals surface area (Å²) in [7, 11) is 0. The van der Waals surface area contributed by atoms with Gasteiger partial charge in [0.1, 0.15) is 42.4 Å². The van der Waals surface area contributed by atoms with Crippen LogP contribution in [0.25, 0.3) is 0 Å². The molecule has 0 spiro atoms. The number of aliphatic carboxylic acids is 1. The number of esters is 1. The van der Waals surface area contributed by atoms with Gasteiger partial charge < -0.3 is 72.6 Å². The van der Waals surface area contributed by atoms with Gasteiger partial charge in [-0.1, -0.05) is 71.1 Å². The van der Waals surface area contributed by atoms with Crippen LogP contribution < -0.4 is 37.2 Å². The maximum atomic E-state index is 13.6. The second-order valence-electron chi connectivity index (χ2n) is 16.1. The van der Waals surface area contributed by atoms with Crippen LogP contribution in [0, 0.1) is 0 Å². The third-order valence-electron chi connectivity index (χ3n) is 10.4. The summed E-state index contributed by atoms with van der Waals surface area (Å²) in [6.07, 6.45) is 4.45. The number of aliphatic hydroxyl groups excluding tert-OH is 4. The number of nitrogens with one attached hydrogen (secondary N) is 7. The van der Waals surface area contributed by atoms with Crippen molar-refractivity contribution in [2.24, 2.45) is 0 Å². The van der Waals surface area contributed by atoms with E-state index in [0.29, 0.717) is 12.8 Å². The Morgan fingerprint density at radius 2 is 1.03 bits per heavy atom. The van der Waals surface area contributed by atoms with Gasteiger partial charge in [0.2, 0.25) is 41.4 Å². The number of ether oxygens (including phenoxy) is 1. The molecule has 0 aromatic heterocycles. The number of carbonyl (C=O) groups excluding carboxylic acids is 8. The van der Waals surface area contributed by atoms with E-state index in [9.17, 15) is 73.8 Å². The molecule has 1 fully saturated rings. The van der Waals surface area contributed by atoms with E-state index in [4.69, 9.17) is 4.74 Å². The molecule has 23 nitrogen and oxygen atoms in total. The van der Waals surface area contributed by atoms with Crippen molar-refractivity contribution < 1.29 is 78.5 Å². The lowest BCUT2D eigenvalue weighted by Gasteiger charge is -2.34. The highest BCUT2D eigenvalue weighted by molar-refractivity contribution is 5.98. The first kappa shape index (κ1) is 56.0. The van der Waals surface area contributed by atoms with E-state index >= 15 is 0 Å². The lowest BCUT2D eigenvalue weighted by Crippen LogP contribution is -2.61. The lowest BCUT2D eigenvalue weighted by atomic mass is 9.89. The summed E-state index contributed by atoms with van der Waals surface area (Å²) in [6, 6.07) is -12.2. The van der Waals surface area contributed by atoms with Crippen molar-refractivity contribution in [1.29, 1.82) is 0 Å². The van der Waals surface area contributed by atoms with Crippen molar-refractivity contribution in [2.45, 2.75) is 178 Å². The number of hydrogen-bond acceptors (Lipinski definition) is 15. The second-order valence-corrected chi connectivity index (χ2v) is 16.1. The lowest BCUT2D eigenvalue weighted by molar-refractivity contribution is -0.172. The molecule has 0 aromatic carbocycles. The molecular formula is C40H69N7O16. The van der Waals surface area contributed by atoms with Crippen molar-refractivity contribution in [3.05, 3.63) is 0 Å². The van der Waals surface area contributed by atoms with Crippen molar-refractivity contribution >= 4 is 53.3 Å². The summed E-state index contributed by atoms with van der Waals surface area (Å²) < 4.78 is 5.57. The molecule has 10 atom stereocenters. The fraction of sp³-hybridized carbons (Fsp3) is 0.775. The molecule has 0 aromatic rings. The van der Waals surface area contributed by atoms with Gasteiger partial charge in [0.05, 0.1) is 44.4 Å². The molecule has 63 heavy (non-hydrogen) atoms. The summed E-state index contributed by atoms with van der Waals surface area (Å²) in [4.78, 5) is 117. The molecule has 0 aliphatic carbocycles. The molecule has 0 bridgehead atoms. The maximum absolute atomic E-state index is 13.6. The zero-order valence-corrected chi connectivity index (χ0v) is 36.8. The monoisotopic (exact) mass is 903 g/mol. The minimum Gasteiger partial charge on any atom is -0.481 e. The van der Waals surface area contributed by atoms with Gasteiger partial charge in [0.25, 0.3) is 0 Å². The van der Waals surface area contributed by atoms with E-state index in [1.165, 1.54) is 19.8 Å². The van der Waals surface area contributed by atoms with Gasteiger partial charge in [-0.15, -0.1) is 0 Å². The zero-order valence-electron chi connectivity index (χ0n) is 36.8. The van der Waals surface area contributed by atoms with Gasteiger partial charge in [-0.25, -0.2) is 4.79 Å². The number of rotatable bonds is 18. The van der Waals surface area contributed by atoms with E-state index < -0.39 is 146 Å². The van der Waals surface area contributed by atoms with Crippen LogP contribution in [0.3, 0.4) is 0 Å². The Morgan fingerprint density at radius 3 is 1.49 bits per heavy atom. The van der Waals surface area contributed by atoms with Gasteiger partial charge >= 0.3 is 11.9 Å². The van der Waals surface area contributed by atoms with Crippen molar-refractivity contribution in [2.75, 3.05) is 19.8 Å². The third-order valence-corrected chi connectivity index (χ3v) is 10.4. The minimum atomic E-state index is -1.94. The van der Waals surface area contributed by atoms with E-state index in [2.05, 4.69) is 44.1 Å². The molecule has 23 heteroatoms. The maximum Gasteiger partial charge on any atom is 0.331 e. The Labute approximate surface area is 366 Å². The zero-order chi connectivity index (χ0) is 47.9. The second kappa shape index (κ2) is 28.7. The number of carboxylic acids is 1. The molecule has 0 saturated carbocycles. The summed E-state index contributed by atoms with van der Waals surface area (Å²) in [5.74, 6) is -11.0. The smallest absolute Gasteiger partial charge is 0.331 e. The number of unbranched alkanes of at least 4 members (excludes halogenated alkanes) is 9. The van der Waals surface area contributed by atoms with Crippen LogP contribution in [-0.4, -0.2) is 164 Å². The number of carboxylic acid groups (broad SMARTS) is 1. The van der Waals surface area contributed by atoms with E-state index in [1.807, 2.05) is 0 Å². The molecule has 1 heterocycles. The molecule has 1 aliphatic rings. The van der Waals surface area contributed by atoms with Crippen LogP contribution in [0.15, 0.2) is 0 Å². The molecule has 7 amide bonds. The Bertz CT molecular complexity index is 1550. The Kier molecular flexibility index (Phi) is 25.5. The fourth-order valence-electron chi connectivity index (χ4n) is 6.38. The van der Waals surface area contributed by atoms with E-state index in [0.717, 1.165) is 59.3 Å². The highest BCUT2D eigenvalue weighted by atomic mass is 16.6. The van der Waals surface area contributed by atoms with Crippen LogP contribution >= 0.6 is 0 Å². The van der Waals surface area contributed by atoms with Crippen LogP contribution in [0.5, 0.6) is 0 Å². The standard InChI is InChI=1S/C40H69N7O16/c1-6-7-8-9-10-11-12-13-14-15-16-40(5,62)29-18-30(52)43-26(19-48)36(58)42-22(2)33(55)44-25(17-31(53)54)35(57)41-23(3)34(56)45-27(20-49)37(59)46-28(21-50)38(60)47-32(24(4)51)39(61)63-29/h22-29,32,48-51,62H,6-21H2,1-5H3,(H,41,57)(H,42,58)(H,43,52)(H,44,55)(H,45,56)(H,46,59)(H,47,60)(H,53,54)/t22-,23+,24-,25-,26+,27-,28-,29?,32-,40?/m1/s1. The summed E-state index contributed by atoms with van der Waals surface area (Å²) in [5.41, 5.74) is -1.94. The van der Waals surface area contributed by atoms with Gasteiger partial charge in [-0.3, -0.25) is 38.4 Å². The number of aliphatic hydroxyl groups is 5. The predicted molar refractivity (Wildman–Crippen MR) is 222 cm³/mol.